The highest BCUT2D eigenvalue weighted by molar-refractivity contribution is 6.10. The van der Waals surface area contributed by atoms with Gasteiger partial charge in [-0.15, -0.1) is 0 Å². The van der Waals surface area contributed by atoms with Crippen LogP contribution in [0.3, 0.4) is 0 Å². The summed E-state index contributed by atoms with van der Waals surface area (Å²) in [4.78, 5) is 9.63. The Morgan fingerprint density at radius 3 is 2.65 bits per heavy atom. The first kappa shape index (κ1) is 24.2. The second-order valence-corrected chi connectivity index (χ2v) is 10.0. The van der Waals surface area contributed by atoms with Crippen molar-refractivity contribution in [1.82, 2.24) is 35.2 Å². The third-order valence-corrected chi connectivity index (χ3v) is 7.60. The number of nitrogens with zero attached hydrogens (tertiary/aromatic N) is 5. The number of aromatic amines is 2. The lowest BCUT2D eigenvalue weighted by Gasteiger charge is -2.32. The van der Waals surface area contributed by atoms with Crippen LogP contribution in [0.2, 0.25) is 0 Å². The van der Waals surface area contributed by atoms with Gasteiger partial charge in [0.25, 0.3) is 0 Å². The van der Waals surface area contributed by atoms with Crippen molar-refractivity contribution in [2.24, 2.45) is 0 Å². The Hall–Kier alpha value is -3.18. The van der Waals surface area contributed by atoms with Crippen molar-refractivity contribution in [2.45, 2.75) is 38.3 Å². The first-order chi connectivity index (χ1) is 17.9. The van der Waals surface area contributed by atoms with Crippen molar-refractivity contribution < 1.29 is 17.9 Å². The summed E-state index contributed by atoms with van der Waals surface area (Å²) in [5, 5.41) is 15.1. The van der Waals surface area contributed by atoms with Crippen LogP contribution in [0.1, 0.15) is 36.1 Å². The number of aryl methyl sites for hydroxylation is 1. The molecule has 1 saturated heterocycles. The first-order valence-corrected chi connectivity index (χ1v) is 12.9. The van der Waals surface area contributed by atoms with Crippen LogP contribution < -0.4 is 4.74 Å². The lowest BCUT2D eigenvalue weighted by Crippen LogP contribution is -2.44. The summed E-state index contributed by atoms with van der Waals surface area (Å²) in [6, 6.07) is 1.87. The standard InChI is InChI=1S/C26H30F3N7O/c1-35-8-10-36(11-9-35)7-4-12-37-21-13-20-18(14-30-33-20)22-16-5-2-3-6-17(16)23(32-24(21)22)19-15-31-34-25(19)26(27,28)29/h13-15H,2-12H2,1H3,(H,30,33)(H,31,34). The van der Waals surface area contributed by atoms with Crippen LogP contribution in [0.5, 0.6) is 5.75 Å². The van der Waals surface area contributed by atoms with Crippen molar-refractivity contribution in [2.75, 3.05) is 46.4 Å². The number of rotatable bonds is 6. The number of halogens is 3. The van der Waals surface area contributed by atoms with Crippen LogP contribution in [0.25, 0.3) is 33.1 Å². The van der Waals surface area contributed by atoms with Crippen LogP contribution in [0, 0.1) is 0 Å². The minimum Gasteiger partial charge on any atom is -0.491 e. The zero-order chi connectivity index (χ0) is 25.6. The van der Waals surface area contributed by atoms with Crippen LogP contribution >= 0.6 is 0 Å². The Bertz CT molecular complexity index is 1420. The van der Waals surface area contributed by atoms with E-state index in [-0.39, 0.29) is 5.56 Å². The van der Waals surface area contributed by atoms with Gasteiger partial charge < -0.3 is 14.5 Å². The van der Waals surface area contributed by atoms with Crippen LogP contribution in [-0.4, -0.2) is 81.6 Å². The average molecular weight is 514 g/mol. The SMILES string of the molecule is CN1CCN(CCCOc2cc3[nH]ncc3c3c4c(c(-c5c[nH]nc5C(F)(F)F)nc23)CCCC4)CC1. The van der Waals surface area contributed by atoms with Gasteiger partial charge in [-0.3, -0.25) is 10.2 Å². The van der Waals surface area contributed by atoms with E-state index in [1.165, 1.54) is 6.20 Å². The molecule has 0 spiro atoms. The van der Waals surface area contributed by atoms with Gasteiger partial charge in [0.15, 0.2) is 5.69 Å². The maximum absolute atomic E-state index is 13.8. The normalized spacial score (nSPS) is 17.5. The molecule has 1 aromatic carbocycles. The predicted octanol–water partition coefficient (Wildman–Crippen LogP) is 4.42. The number of likely N-dealkylation sites (N-methyl/N-ethyl adjacent to an activating group) is 1. The number of alkyl halides is 3. The fourth-order valence-electron chi connectivity index (χ4n) is 5.66. The lowest BCUT2D eigenvalue weighted by molar-refractivity contribution is -0.140. The van der Waals surface area contributed by atoms with Gasteiger partial charge in [0.05, 0.1) is 29.6 Å². The van der Waals surface area contributed by atoms with E-state index in [1.54, 1.807) is 6.20 Å². The Morgan fingerprint density at radius 2 is 1.86 bits per heavy atom. The molecular formula is C26H30F3N7O. The molecule has 1 fully saturated rings. The van der Waals surface area contributed by atoms with Gasteiger partial charge >= 0.3 is 6.18 Å². The molecule has 1 aliphatic carbocycles. The monoisotopic (exact) mass is 513 g/mol. The van der Waals surface area contributed by atoms with Gasteiger partial charge in [-0.1, -0.05) is 0 Å². The summed E-state index contributed by atoms with van der Waals surface area (Å²) in [7, 11) is 2.14. The second kappa shape index (κ2) is 9.60. The van der Waals surface area contributed by atoms with Crippen molar-refractivity contribution in [1.29, 1.82) is 0 Å². The Balaban J connectivity index is 1.40. The molecule has 0 radical (unpaired) electrons. The molecule has 0 bridgehead atoms. The number of pyridine rings is 1. The molecule has 0 saturated carbocycles. The summed E-state index contributed by atoms with van der Waals surface area (Å²) in [5.74, 6) is 0.566. The van der Waals surface area contributed by atoms with E-state index < -0.39 is 11.9 Å². The highest BCUT2D eigenvalue weighted by Gasteiger charge is 2.38. The number of nitrogens with one attached hydrogen (secondary N) is 2. The molecule has 4 heterocycles. The van der Waals surface area contributed by atoms with E-state index >= 15 is 0 Å². The zero-order valence-corrected chi connectivity index (χ0v) is 20.8. The number of fused-ring (bicyclic) bond motifs is 5. The summed E-state index contributed by atoms with van der Waals surface area (Å²) in [6.45, 7) is 5.65. The van der Waals surface area contributed by atoms with Crippen molar-refractivity contribution in [3.05, 3.63) is 35.3 Å². The number of hydrogen-bond acceptors (Lipinski definition) is 6. The molecule has 2 aliphatic rings. The summed E-state index contributed by atoms with van der Waals surface area (Å²) in [6.07, 6.45) is 2.67. The van der Waals surface area contributed by atoms with E-state index in [2.05, 4.69) is 37.2 Å². The molecule has 37 heavy (non-hydrogen) atoms. The van der Waals surface area contributed by atoms with E-state index in [9.17, 15) is 13.2 Å². The summed E-state index contributed by atoms with van der Waals surface area (Å²) in [5.41, 5.74) is 2.71. The molecule has 0 atom stereocenters. The molecular weight excluding hydrogens is 483 g/mol. The van der Waals surface area contributed by atoms with Gasteiger partial charge in [-0.25, -0.2) is 4.98 Å². The number of aromatic nitrogens is 5. The maximum Gasteiger partial charge on any atom is 0.435 e. The topological polar surface area (TPSA) is 86.0 Å². The Labute approximate surface area is 212 Å². The van der Waals surface area contributed by atoms with Gasteiger partial charge in [0.1, 0.15) is 11.3 Å². The fourth-order valence-corrected chi connectivity index (χ4v) is 5.66. The van der Waals surface area contributed by atoms with Crippen molar-refractivity contribution in [3.63, 3.8) is 0 Å². The van der Waals surface area contributed by atoms with E-state index in [0.717, 1.165) is 85.8 Å². The fraction of sp³-hybridized carbons (Fsp3) is 0.500. The molecule has 8 nitrogen and oxygen atoms in total. The van der Waals surface area contributed by atoms with Gasteiger partial charge in [0, 0.05) is 55.8 Å². The molecule has 196 valence electrons. The number of piperazine rings is 1. The van der Waals surface area contributed by atoms with E-state index in [0.29, 0.717) is 30.0 Å². The third kappa shape index (κ3) is 4.54. The predicted molar refractivity (Wildman–Crippen MR) is 135 cm³/mol. The van der Waals surface area contributed by atoms with Crippen LogP contribution in [0.4, 0.5) is 13.2 Å². The smallest absolute Gasteiger partial charge is 0.435 e. The van der Waals surface area contributed by atoms with Crippen molar-refractivity contribution >= 4 is 21.8 Å². The molecule has 11 heteroatoms. The zero-order valence-electron chi connectivity index (χ0n) is 20.8. The quantitative estimate of drug-likeness (QED) is 0.372. The van der Waals surface area contributed by atoms with Gasteiger partial charge in [-0.05, 0) is 50.3 Å². The first-order valence-electron chi connectivity index (χ1n) is 12.9. The Morgan fingerprint density at radius 1 is 1.08 bits per heavy atom. The third-order valence-electron chi connectivity index (χ3n) is 7.60. The van der Waals surface area contributed by atoms with Crippen molar-refractivity contribution in [3.8, 4) is 17.0 Å². The minimum absolute atomic E-state index is 0.0131. The molecule has 6 rings (SSSR count). The second-order valence-electron chi connectivity index (χ2n) is 10.0. The lowest BCUT2D eigenvalue weighted by atomic mass is 9.85. The van der Waals surface area contributed by atoms with E-state index in [4.69, 9.17) is 9.72 Å². The largest absolute Gasteiger partial charge is 0.491 e. The molecule has 0 unspecified atom stereocenters. The van der Waals surface area contributed by atoms with Crippen LogP contribution in [0.15, 0.2) is 18.5 Å². The molecule has 3 aromatic heterocycles. The van der Waals surface area contributed by atoms with E-state index in [1.807, 2.05) is 6.07 Å². The molecule has 4 aromatic rings. The summed E-state index contributed by atoms with van der Waals surface area (Å²) >= 11 is 0. The number of benzene rings is 1. The van der Waals surface area contributed by atoms with Crippen LogP contribution in [-0.2, 0) is 19.0 Å². The maximum atomic E-state index is 13.8. The molecule has 1 aliphatic heterocycles. The number of ether oxygens (including phenoxy) is 1. The summed E-state index contributed by atoms with van der Waals surface area (Å²) < 4.78 is 47.6. The van der Waals surface area contributed by atoms with Gasteiger partial charge in [0.2, 0.25) is 0 Å². The minimum atomic E-state index is -4.58. The Kier molecular flexibility index (Phi) is 6.28. The number of hydrogen-bond donors (Lipinski definition) is 2. The average Bonchev–Trinajstić information content (AvgIpc) is 3.57. The number of H-pyrrole nitrogens is 2. The highest BCUT2D eigenvalue weighted by Crippen LogP contribution is 2.43. The molecule has 2 N–H and O–H groups in total. The van der Waals surface area contributed by atoms with Gasteiger partial charge in [-0.2, -0.15) is 23.4 Å². The highest BCUT2D eigenvalue weighted by atomic mass is 19.4. The molecule has 0 amide bonds.